The maximum Gasteiger partial charge on any atom is 0.256 e. The molecule has 5 rings (SSSR count). The molecule has 4 unspecified atom stereocenters. The maximum atomic E-state index is 13.6. The highest BCUT2D eigenvalue weighted by Gasteiger charge is 2.51. The molecule has 1 saturated heterocycles. The highest BCUT2D eigenvalue weighted by molar-refractivity contribution is 8.14. The van der Waals surface area contributed by atoms with Crippen LogP contribution in [0.2, 0.25) is 5.02 Å². The lowest BCUT2D eigenvalue weighted by Crippen LogP contribution is -2.57. The quantitative estimate of drug-likeness (QED) is 0.559. The summed E-state index contributed by atoms with van der Waals surface area (Å²) in [5.41, 5.74) is 1.08. The Bertz CT molecular complexity index is 1010. The summed E-state index contributed by atoms with van der Waals surface area (Å²) in [7, 11) is 0. The van der Waals surface area contributed by atoms with E-state index >= 15 is 0 Å². The number of thioether (sulfide) groups is 1. The number of amidine groups is 1. The summed E-state index contributed by atoms with van der Waals surface area (Å²) in [4.78, 5) is 29.0. The number of hydrogen-bond donors (Lipinski definition) is 2. The van der Waals surface area contributed by atoms with Gasteiger partial charge in [0.05, 0.1) is 19.3 Å². The Kier molecular flexibility index (Phi) is 7.67. The van der Waals surface area contributed by atoms with Gasteiger partial charge in [0.2, 0.25) is 0 Å². The number of carbonyl (C=O) groups is 2. The van der Waals surface area contributed by atoms with Crippen molar-refractivity contribution in [1.29, 1.82) is 0 Å². The predicted octanol–water partition coefficient (Wildman–Crippen LogP) is 2.61. The summed E-state index contributed by atoms with van der Waals surface area (Å²) in [5, 5.41) is 20.8. The number of aliphatic hydroxyl groups excluding tert-OH is 1. The summed E-state index contributed by atoms with van der Waals surface area (Å²) >= 11 is 7.72. The van der Waals surface area contributed by atoms with Crippen molar-refractivity contribution in [3.63, 3.8) is 0 Å². The zero-order valence-corrected chi connectivity index (χ0v) is 21.1. The van der Waals surface area contributed by atoms with E-state index in [2.05, 4.69) is 10.2 Å². The van der Waals surface area contributed by atoms with Gasteiger partial charge in [-0.2, -0.15) is 0 Å². The summed E-state index contributed by atoms with van der Waals surface area (Å²) in [6.07, 6.45) is 4.97. The van der Waals surface area contributed by atoms with Crippen molar-refractivity contribution in [2.45, 2.75) is 43.5 Å². The van der Waals surface area contributed by atoms with Crippen molar-refractivity contribution < 1.29 is 19.4 Å². The molecule has 8 nitrogen and oxygen atoms in total. The fourth-order valence-electron chi connectivity index (χ4n) is 5.45. The number of morpholine rings is 1. The van der Waals surface area contributed by atoms with Crippen LogP contribution in [0, 0.1) is 11.8 Å². The summed E-state index contributed by atoms with van der Waals surface area (Å²) < 4.78 is 5.51. The Morgan fingerprint density at radius 2 is 2.00 bits per heavy atom. The van der Waals surface area contributed by atoms with Gasteiger partial charge in [-0.3, -0.25) is 14.6 Å². The number of rotatable bonds is 6. The summed E-state index contributed by atoms with van der Waals surface area (Å²) in [6.45, 7) is 3.37. The van der Waals surface area contributed by atoms with E-state index in [9.17, 15) is 14.7 Å². The molecule has 4 atom stereocenters. The van der Waals surface area contributed by atoms with Crippen molar-refractivity contribution in [1.82, 2.24) is 15.2 Å². The van der Waals surface area contributed by atoms with Crippen LogP contribution in [0.3, 0.4) is 0 Å². The van der Waals surface area contributed by atoms with E-state index < -0.39 is 0 Å². The van der Waals surface area contributed by atoms with Crippen molar-refractivity contribution >= 4 is 40.2 Å². The minimum absolute atomic E-state index is 0.0458. The van der Waals surface area contributed by atoms with Crippen molar-refractivity contribution in [3.8, 4) is 0 Å². The Balaban J connectivity index is 1.40. The summed E-state index contributed by atoms with van der Waals surface area (Å²) in [5.74, 6) is -0.406. The minimum atomic E-state index is -0.376. The molecular formula is C25H31ClN4O4S. The molecule has 4 aliphatic rings. The number of nitrogens with one attached hydrogen (secondary N) is 1. The average Bonchev–Trinajstić information content (AvgIpc) is 2.89. The molecule has 1 aromatic rings. The monoisotopic (exact) mass is 518 g/mol. The number of ether oxygens (including phenoxy) is 1. The van der Waals surface area contributed by atoms with Crippen LogP contribution in [-0.4, -0.2) is 76.1 Å². The average molecular weight is 519 g/mol. The van der Waals surface area contributed by atoms with E-state index in [-0.39, 0.29) is 41.1 Å². The lowest BCUT2D eigenvalue weighted by Gasteiger charge is -2.50. The second-order valence-corrected chi connectivity index (χ2v) is 11.2. The third kappa shape index (κ3) is 5.38. The van der Waals surface area contributed by atoms with Crippen molar-refractivity contribution in [2.24, 2.45) is 16.9 Å². The molecule has 2 fully saturated rings. The molecule has 188 valence electrons. The van der Waals surface area contributed by atoms with Crippen LogP contribution in [0.15, 0.2) is 41.1 Å². The normalized spacial score (nSPS) is 28.2. The molecule has 0 aromatic heterocycles. The first-order valence-corrected chi connectivity index (χ1v) is 13.5. The van der Waals surface area contributed by atoms with Gasteiger partial charge in [-0.25, -0.2) is 0 Å². The minimum Gasteiger partial charge on any atom is -0.396 e. The van der Waals surface area contributed by atoms with Crippen LogP contribution < -0.4 is 5.32 Å². The molecule has 3 aliphatic heterocycles. The van der Waals surface area contributed by atoms with Gasteiger partial charge in [0.15, 0.2) is 11.0 Å². The lowest BCUT2D eigenvalue weighted by molar-refractivity contribution is -0.128. The molecule has 2 N–H and O–H groups in total. The first-order chi connectivity index (χ1) is 17.0. The predicted molar refractivity (Wildman–Crippen MR) is 136 cm³/mol. The molecule has 0 bridgehead atoms. The van der Waals surface area contributed by atoms with Gasteiger partial charge >= 0.3 is 0 Å². The number of aliphatic hydroxyl groups is 1. The number of amides is 1. The number of hydrogen-bond acceptors (Lipinski definition) is 8. The fraction of sp³-hybridized carbons (Fsp3) is 0.560. The third-order valence-corrected chi connectivity index (χ3v) is 8.81. The first-order valence-electron chi connectivity index (χ1n) is 12.3. The Morgan fingerprint density at radius 1 is 1.23 bits per heavy atom. The van der Waals surface area contributed by atoms with E-state index in [1.807, 2.05) is 17.1 Å². The number of hydrazone groups is 1. The zero-order valence-electron chi connectivity index (χ0n) is 19.6. The largest absolute Gasteiger partial charge is 0.396 e. The van der Waals surface area contributed by atoms with Crippen LogP contribution >= 0.6 is 23.4 Å². The Labute approximate surface area is 214 Å². The lowest BCUT2D eigenvalue weighted by atomic mass is 9.71. The van der Waals surface area contributed by atoms with E-state index in [4.69, 9.17) is 21.4 Å². The third-order valence-electron chi connectivity index (χ3n) is 7.24. The Morgan fingerprint density at radius 3 is 2.74 bits per heavy atom. The number of halogens is 1. The second kappa shape index (κ2) is 10.9. The zero-order chi connectivity index (χ0) is 24.4. The van der Waals surface area contributed by atoms with Crippen LogP contribution in [0.5, 0.6) is 0 Å². The smallest absolute Gasteiger partial charge is 0.256 e. The van der Waals surface area contributed by atoms with Gasteiger partial charge in [0.1, 0.15) is 5.57 Å². The number of Topliss-reactive ketones (excluding diaryl/α,β-unsaturated/α-hetero) is 1. The number of ketones is 1. The number of benzene rings is 1. The SMILES string of the molecule is O=C(NCc1ccc(Cl)cc1)C1=CN2N=C(N3CCOCC3)SC3CC(CCCO)CC(C1=O)C32. The first kappa shape index (κ1) is 24.6. The molecule has 35 heavy (non-hydrogen) atoms. The molecule has 1 aliphatic carbocycles. The van der Waals surface area contributed by atoms with E-state index in [0.29, 0.717) is 30.7 Å². The fourth-order valence-corrected chi connectivity index (χ4v) is 7.14. The van der Waals surface area contributed by atoms with Gasteiger partial charge in [-0.15, -0.1) is 5.10 Å². The van der Waals surface area contributed by atoms with Crippen molar-refractivity contribution in [2.75, 3.05) is 32.9 Å². The number of carbonyl (C=O) groups excluding carboxylic acids is 2. The molecule has 3 heterocycles. The van der Waals surface area contributed by atoms with E-state index in [1.165, 1.54) is 0 Å². The van der Waals surface area contributed by atoms with E-state index in [0.717, 1.165) is 49.5 Å². The molecule has 1 amide bonds. The highest BCUT2D eigenvalue weighted by Crippen LogP contribution is 2.46. The van der Waals surface area contributed by atoms with Crippen LogP contribution in [0.25, 0.3) is 0 Å². The van der Waals surface area contributed by atoms with Crippen LogP contribution in [0.1, 0.15) is 31.2 Å². The highest BCUT2D eigenvalue weighted by atomic mass is 35.5. The van der Waals surface area contributed by atoms with Crippen LogP contribution in [0.4, 0.5) is 0 Å². The van der Waals surface area contributed by atoms with Gasteiger partial charge in [-0.1, -0.05) is 35.5 Å². The topological polar surface area (TPSA) is 94.5 Å². The van der Waals surface area contributed by atoms with E-state index in [1.54, 1.807) is 30.1 Å². The molecule has 0 spiro atoms. The Hall–Kier alpha value is -2.07. The molecule has 10 heteroatoms. The molecule has 1 saturated carbocycles. The molecular weight excluding hydrogens is 488 g/mol. The molecule has 0 radical (unpaired) electrons. The van der Waals surface area contributed by atoms with Gasteiger partial charge in [0, 0.05) is 48.6 Å². The molecule has 1 aromatic carbocycles. The van der Waals surface area contributed by atoms with Crippen LogP contribution in [-0.2, 0) is 20.9 Å². The summed E-state index contributed by atoms with van der Waals surface area (Å²) in [6, 6.07) is 7.22. The van der Waals surface area contributed by atoms with Crippen molar-refractivity contribution in [3.05, 3.63) is 46.6 Å². The van der Waals surface area contributed by atoms with Gasteiger partial charge in [0.25, 0.3) is 5.91 Å². The standard InChI is InChI=1S/C25H31ClN4O4S/c26-18-5-3-16(4-6-18)14-27-24(33)20-15-30-22-19(23(20)32)12-17(2-1-9-31)13-21(22)35-25(28-30)29-7-10-34-11-8-29/h3-6,15,17,19,21-22,31H,1-2,7-14H2,(H,27,33). The maximum absolute atomic E-state index is 13.6. The van der Waals surface area contributed by atoms with Gasteiger partial charge in [-0.05, 0) is 49.3 Å². The second-order valence-electron chi connectivity index (χ2n) is 9.53. The number of nitrogens with zero attached hydrogens (tertiary/aromatic N) is 3. The van der Waals surface area contributed by atoms with Gasteiger partial charge < -0.3 is 20.1 Å².